The van der Waals surface area contributed by atoms with Gasteiger partial charge < -0.3 is 4.90 Å². The summed E-state index contributed by atoms with van der Waals surface area (Å²) in [6.07, 6.45) is 6.23. The Morgan fingerprint density at radius 2 is 1.78 bits per heavy atom. The van der Waals surface area contributed by atoms with E-state index >= 15 is 0 Å². The number of likely N-dealkylation sites (N-methyl/N-ethyl adjacent to an activating group) is 1. The highest BCUT2D eigenvalue weighted by Gasteiger charge is 2.31. The number of hydrogen-bond acceptors (Lipinski definition) is 5. The quantitative estimate of drug-likeness (QED) is 0.806. The van der Waals surface area contributed by atoms with Gasteiger partial charge in [0.25, 0.3) is 0 Å². The van der Waals surface area contributed by atoms with Crippen molar-refractivity contribution in [2.75, 3.05) is 32.7 Å². The third-order valence-electron chi connectivity index (χ3n) is 5.48. The van der Waals surface area contributed by atoms with E-state index in [2.05, 4.69) is 50.8 Å². The van der Waals surface area contributed by atoms with Crippen LogP contribution in [0.15, 0.2) is 0 Å². The first-order valence-electron chi connectivity index (χ1n) is 9.43. The van der Waals surface area contributed by atoms with Crippen molar-refractivity contribution in [1.82, 2.24) is 30.0 Å². The van der Waals surface area contributed by atoms with E-state index in [4.69, 9.17) is 0 Å². The predicted molar refractivity (Wildman–Crippen MR) is 91.2 cm³/mol. The molecule has 2 aliphatic rings. The van der Waals surface area contributed by atoms with Crippen LogP contribution in [-0.4, -0.2) is 62.7 Å². The average Bonchev–Trinajstić information content (AvgIpc) is 3.23. The SMILES string of the molecule is CCN1CCN([C@H](CC(C)C)c2nnnn2C2CCCC2)CC1. The Balaban J connectivity index is 1.78. The van der Waals surface area contributed by atoms with Gasteiger partial charge in [-0.3, -0.25) is 4.90 Å². The summed E-state index contributed by atoms with van der Waals surface area (Å²) in [4.78, 5) is 5.15. The third-order valence-corrected chi connectivity index (χ3v) is 5.48. The topological polar surface area (TPSA) is 50.1 Å². The molecule has 130 valence electrons. The van der Waals surface area contributed by atoms with E-state index in [0.717, 1.165) is 45.0 Å². The number of hydrogen-bond donors (Lipinski definition) is 0. The first-order valence-corrected chi connectivity index (χ1v) is 9.43. The lowest BCUT2D eigenvalue weighted by Crippen LogP contribution is -2.48. The molecule has 1 aromatic rings. The second kappa shape index (κ2) is 7.71. The van der Waals surface area contributed by atoms with Crippen molar-refractivity contribution in [3.63, 3.8) is 0 Å². The molecule has 0 spiro atoms. The zero-order valence-corrected chi connectivity index (χ0v) is 15.0. The van der Waals surface area contributed by atoms with Gasteiger partial charge in [-0.05, 0) is 42.2 Å². The summed E-state index contributed by atoms with van der Waals surface area (Å²) in [5.74, 6) is 1.76. The van der Waals surface area contributed by atoms with Crippen LogP contribution in [0.5, 0.6) is 0 Å². The van der Waals surface area contributed by atoms with Crippen LogP contribution in [0.25, 0.3) is 0 Å². The molecule has 1 aliphatic carbocycles. The Morgan fingerprint density at radius 1 is 1.09 bits per heavy atom. The molecule has 1 saturated heterocycles. The smallest absolute Gasteiger partial charge is 0.168 e. The van der Waals surface area contributed by atoms with Gasteiger partial charge in [0.2, 0.25) is 0 Å². The van der Waals surface area contributed by atoms with Crippen molar-refractivity contribution in [2.24, 2.45) is 5.92 Å². The van der Waals surface area contributed by atoms with E-state index in [1.165, 1.54) is 25.7 Å². The second-order valence-corrected chi connectivity index (χ2v) is 7.54. The number of nitrogens with zero attached hydrogens (tertiary/aromatic N) is 6. The third kappa shape index (κ3) is 3.91. The summed E-state index contributed by atoms with van der Waals surface area (Å²) in [6, 6.07) is 0.885. The number of tetrazole rings is 1. The lowest BCUT2D eigenvalue weighted by molar-refractivity contribution is 0.0823. The van der Waals surface area contributed by atoms with Crippen molar-refractivity contribution in [1.29, 1.82) is 0 Å². The molecule has 1 saturated carbocycles. The van der Waals surface area contributed by atoms with Crippen molar-refractivity contribution in [3.05, 3.63) is 5.82 Å². The molecule has 0 unspecified atom stereocenters. The minimum absolute atomic E-state index is 0.365. The Bertz CT molecular complexity index is 471. The van der Waals surface area contributed by atoms with Gasteiger partial charge in [0.05, 0.1) is 12.1 Å². The van der Waals surface area contributed by atoms with Gasteiger partial charge in [0.1, 0.15) is 0 Å². The molecule has 0 amide bonds. The summed E-state index contributed by atoms with van der Waals surface area (Å²) in [6.45, 7) is 12.6. The summed E-state index contributed by atoms with van der Waals surface area (Å²) < 4.78 is 2.16. The van der Waals surface area contributed by atoms with Crippen LogP contribution in [-0.2, 0) is 0 Å². The number of piperazine rings is 1. The fraction of sp³-hybridized carbons (Fsp3) is 0.941. The zero-order chi connectivity index (χ0) is 16.2. The first kappa shape index (κ1) is 16.8. The summed E-state index contributed by atoms with van der Waals surface area (Å²) in [5, 5.41) is 12.9. The Labute approximate surface area is 140 Å². The lowest BCUT2D eigenvalue weighted by atomic mass is 10.0. The van der Waals surface area contributed by atoms with Crippen LogP contribution >= 0.6 is 0 Å². The second-order valence-electron chi connectivity index (χ2n) is 7.54. The Kier molecular flexibility index (Phi) is 5.64. The molecule has 0 radical (unpaired) electrons. The molecule has 6 heteroatoms. The van der Waals surface area contributed by atoms with E-state index in [1.807, 2.05) is 0 Å². The van der Waals surface area contributed by atoms with E-state index in [-0.39, 0.29) is 0 Å². The van der Waals surface area contributed by atoms with Crippen LogP contribution < -0.4 is 0 Å². The molecule has 23 heavy (non-hydrogen) atoms. The van der Waals surface area contributed by atoms with E-state index < -0.39 is 0 Å². The average molecular weight is 320 g/mol. The van der Waals surface area contributed by atoms with Crippen LogP contribution in [0, 0.1) is 5.92 Å². The first-order chi connectivity index (χ1) is 11.2. The summed E-state index contributed by atoms with van der Waals surface area (Å²) in [7, 11) is 0. The minimum Gasteiger partial charge on any atom is -0.301 e. The fourth-order valence-electron chi connectivity index (χ4n) is 4.08. The number of aromatic nitrogens is 4. The molecule has 2 fully saturated rings. The van der Waals surface area contributed by atoms with E-state index in [9.17, 15) is 0 Å². The predicted octanol–water partition coefficient (Wildman–Crippen LogP) is 2.51. The van der Waals surface area contributed by atoms with Gasteiger partial charge >= 0.3 is 0 Å². The standard InChI is InChI=1S/C17H32N6/c1-4-21-9-11-22(12-10-21)16(13-14(2)3)17-18-19-20-23(17)15-7-5-6-8-15/h14-16H,4-13H2,1-3H3/t16-/m1/s1. The van der Waals surface area contributed by atoms with Crippen LogP contribution in [0.1, 0.15) is 70.8 Å². The van der Waals surface area contributed by atoms with Gasteiger partial charge in [-0.15, -0.1) is 5.10 Å². The summed E-state index contributed by atoms with van der Waals surface area (Å²) in [5.41, 5.74) is 0. The van der Waals surface area contributed by atoms with Crippen molar-refractivity contribution >= 4 is 0 Å². The maximum atomic E-state index is 4.48. The van der Waals surface area contributed by atoms with Gasteiger partial charge in [0.15, 0.2) is 5.82 Å². The van der Waals surface area contributed by atoms with E-state index in [0.29, 0.717) is 18.0 Å². The number of rotatable bonds is 6. The van der Waals surface area contributed by atoms with Gasteiger partial charge in [-0.2, -0.15) is 0 Å². The Morgan fingerprint density at radius 3 is 2.39 bits per heavy atom. The molecule has 0 bridgehead atoms. The molecule has 2 heterocycles. The molecule has 1 aromatic heterocycles. The largest absolute Gasteiger partial charge is 0.301 e. The fourth-order valence-corrected chi connectivity index (χ4v) is 4.08. The highest BCUT2D eigenvalue weighted by atomic mass is 15.6. The molecule has 3 rings (SSSR count). The van der Waals surface area contributed by atoms with Gasteiger partial charge in [0, 0.05) is 26.2 Å². The lowest BCUT2D eigenvalue weighted by Gasteiger charge is -2.39. The van der Waals surface area contributed by atoms with Gasteiger partial charge in [-0.25, -0.2) is 4.68 Å². The zero-order valence-electron chi connectivity index (χ0n) is 15.0. The minimum atomic E-state index is 0.365. The molecule has 1 atom stereocenters. The molecule has 0 aromatic carbocycles. The maximum Gasteiger partial charge on any atom is 0.168 e. The monoisotopic (exact) mass is 320 g/mol. The molecule has 6 nitrogen and oxygen atoms in total. The molecular formula is C17H32N6. The van der Waals surface area contributed by atoms with Crippen LogP contribution in [0.4, 0.5) is 0 Å². The van der Waals surface area contributed by atoms with Gasteiger partial charge in [-0.1, -0.05) is 33.6 Å². The molecule has 1 aliphatic heterocycles. The van der Waals surface area contributed by atoms with Crippen molar-refractivity contribution < 1.29 is 0 Å². The van der Waals surface area contributed by atoms with E-state index in [1.54, 1.807) is 0 Å². The highest BCUT2D eigenvalue weighted by Crippen LogP contribution is 2.33. The van der Waals surface area contributed by atoms with Crippen LogP contribution in [0.3, 0.4) is 0 Å². The van der Waals surface area contributed by atoms with Crippen LogP contribution in [0.2, 0.25) is 0 Å². The maximum absolute atomic E-state index is 4.48. The highest BCUT2D eigenvalue weighted by molar-refractivity contribution is 4.98. The summed E-state index contributed by atoms with van der Waals surface area (Å²) >= 11 is 0. The Hall–Kier alpha value is -1.01. The molecule has 0 N–H and O–H groups in total. The van der Waals surface area contributed by atoms with Crippen molar-refractivity contribution in [2.45, 2.75) is 65.0 Å². The van der Waals surface area contributed by atoms with Crippen molar-refractivity contribution in [3.8, 4) is 0 Å². The molecular weight excluding hydrogens is 288 g/mol. The normalized spacial score (nSPS) is 23.0.